The van der Waals surface area contributed by atoms with Crippen LogP contribution in [0.4, 0.5) is 0 Å². The van der Waals surface area contributed by atoms with E-state index in [1.165, 1.54) is 5.56 Å². The van der Waals surface area contributed by atoms with Crippen LogP contribution in [0.3, 0.4) is 0 Å². The van der Waals surface area contributed by atoms with Crippen molar-refractivity contribution < 1.29 is 9.21 Å². The van der Waals surface area contributed by atoms with Gasteiger partial charge < -0.3 is 14.2 Å². The zero-order chi connectivity index (χ0) is 20.0. The molecule has 0 spiro atoms. The van der Waals surface area contributed by atoms with Crippen molar-refractivity contribution in [2.45, 2.75) is 45.2 Å². The summed E-state index contributed by atoms with van der Waals surface area (Å²) in [6.45, 7) is 4.72. The first kappa shape index (κ1) is 18.3. The first-order valence-corrected chi connectivity index (χ1v) is 10.4. The molecule has 1 amide bonds. The lowest BCUT2D eigenvalue weighted by atomic mass is 10.1. The quantitative estimate of drug-likeness (QED) is 0.686. The van der Waals surface area contributed by atoms with Crippen molar-refractivity contribution in [2.75, 3.05) is 20.1 Å². The Balaban J connectivity index is 1.37. The van der Waals surface area contributed by atoms with Gasteiger partial charge in [0, 0.05) is 54.5 Å². The summed E-state index contributed by atoms with van der Waals surface area (Å²) in [5, 5.41) is 1.02. The van der Waals surface area contributed by atoms with E-state index in [-0.39, 0.29) is 11.9 Å². The number of aryl methyl sites for hydroxylation is 1. The number of nitrogens with zero attached hydrogens (tertiary/aromatic N) is 4. The van der Waals surface area contributed by atoms with Crippen LogP contribution in [-0.2, 0) is 24.2 Å². The molecule has 0 radical (unpaired) electrons. The van der Waals surface area contributed by atoms with E-state index in [1.807, 2.05) is 30.2 Å². The number of likely N-dealkylation sites (N-methyl/N-ethyl adjacent to an activating group) is 1. The van der Waals surface area contributed by atoms with E-state index in [4.69, 9.17) is 9.40 Å². The van der Waals surface area contributed by atoms with Gasteiger partial charge in [-0.05, 0) is 38.4 Å². The average molecular weight is 390 g/mol. The fourth-order valence-corrected chi connectivity index (χ4v) is 4.56. The van der Waals surface area contributed by atoms with Gasteiger partial charge in [0.15, 0.2) is 5.82 Å². The highest BCUT2D eigenvalue weighted by molar-refractivity contribution is 5.88. The predicted octanol–water partition coefficient (Wildman–Crippen LogP) is 3.43. The van der Waals surface area contributed by atoms with Crippen molar-refractivity contribution in [1.29, 1.82) is 0 Å². The van der Waals surface area contributed by atoms with Gasteiger partial charge in [-0.25, -0.2) is 9.97 Å². The second-order valence-corrected chi connectivity index (χ2v) is 8.37. The zero-order valence-corrected chi connectivity index (χ0v) is 17.0. The number of aromatic nitrogens is 2. The highest BCUT2D eigenvalue weighted by atomic mass is 16.3. The standard InChI is InChI=1S/C23H26N4O2/c1-15-5-6-18-16(14-29-21(18)10-15)11-22(28)27-8-3-4-20(27)23-24-12-17-13-26(2)9-7-19(17)25-23/h5-6,10,12,14,20H,3-4,7-9,11,13H2,1-2H3. The van der Waals surface area contributed by atoms with Crippen molar-refractivity contribution in [3.8, 4) is 0 Å². The normalized spacial score (nSPS) is 19.7. The maximum absolute atomic E-state index is 13.2. The van der Waals surface area contributed by atoms with Crippen molar-refractivity contribution in [2.24, 2.45) is 0 Å². The molecule has 1 aromatic carbocycles. The highest BCUT2D eigenvalue weighted by Gasteiger charge is 2.33. The predicted molar refractivity (Wildman–Crippen MR) is 110 cm³/mol. The smallest absolute Gasteiger partial charge is 0.227 e. The number of likely N-dealkylation sites (tertiary alicyclic amines) is 1. The Labute approximate surface area is 170 Å². The molecule has 1 unspecified atom stereocenters. The molecule has 150 valence electrons. The first-order valence-electron chi connectivity index (χ1n) is 10.4. The number of fused-ring (bicyclic) bond motifs is 2. The fraction of sp³-hybridized carbons (Fsp3) is 0.435. The van der Waals surface area contributed by atoms with Crippen LogP contribution in [-0.4, -0.2) is 45.8 Å². The van der Waals surface area contributed by atoms with Crippen molar-refractivity contribution in [3.05, 3.63) is 58.9 Å². The topological polar surface area (TPSA) is 62.5 Å². The average Bonchev–Trinajstić information content (AvgIpc) is 3.35. The third-order valence-electron chi connectivity index (χ3n) is 6.17. The van der Waals surface area contributed by atoms with Gasteiger partial charge in [-0.15, -0.1) is 0 Å². The molecular formula is C23H26N4O2. The monoisotopic (exact) mass is 390 g/mol. The molecule has 1 fully saturated rings. The Bertz CT molecular complexity index is 1070. The molecule has 29 heavy (non-hydrogen) atoms. The second-order valence-electron chi connectivity index (χ2n) is 8.37. The molecule has 2 aromatic heterocycles. The van der Waals surface area contributed by atoms with Crippen LogP contribution in [0.15, 0.2) is 35.1 Å². The van der Waals surface area contributed by atoms with Gasteiger partial charge in [0.2, 0.25) is 5.91 Å². The van der Waals surface area contributed by atoms with E-state index >= 15 is 0 Å². The Morgan fingerprint density at radius 2 is 2.21 bits per heavy atom. The van der Waals surface area contributed by atoms with Gasteiger partial charge in [-0.2, -0.15) is 0 Å². The summed E-state index contributed by atoms with van der Waals surface area (Å²) in [4.78, 5) is 26.9. The van der Waals surface area contributed by atoms with E-state index in [9.17, 15) is 4.79 Å². The Morgan fingerprint density at radius 3 is 3.10 bits per heavy atom. The van der Waals surface area contributed by atoms with Crippen molar-refractivity contribution in [1.82, 2.24) is 19.8 Å². The van der Waals surface area contributed by atoms with Crippen LogP contribution in [0.2, 0.25) is 0 Å². The summed E-state index contributed by atoms with van der Waals surface area (Å²) in [6, 6.07) is 6.10. The molecule has 2 aliphatic heterocycles. The molecule has 0 saturated carbocycles. The molecule has 2 aliphatic rings. The largest absolute Gasteiger partial charge is 0.464 e. The van der Waals surface area contributed by atoms with E-state index in [2.05, 4.69) is 23.0 Å². The van der Waals surface area contributed by atoms with Crippen LogP contribution in [0, 0.1) is 6.92 Å². The molecule has 6 heteroatoms. The lowest BCUT2D eigenvalue weighted by Crippen LogP contribution is -2.33. The van der Waals surface area contributed by atoms with E-state index in [1.54, 1.807) is 6.26 Å². The van der Waals surface area contributed by atoms with Gasteiger partial charge in [0.25, 0.3) is 0 Å². The maximum atomic E-state index is 13.2. The number of furan rings is 1. The summed E-state index contributed by atoms with van der Waals surface area (Å²) >= 11 is 0. The van der Waals surface area contributed by atoms with Crippen LogP contribution in [0.5, 0.6) is 0 Å². The number of carbonyl (C=O) groups excluding carboxylic acids is 1. The van der Waals surface area contributed by atoms with Gasteiger partial charge in [-0.1, -0.05) is 12.1 Å². The number of rotatable bonds is 3. The second kappa shape index (κ2) is 7.26. The van der Waals surface area contributed by atoms with Gasteiger partial charge in [-0.3, -0.25) is 4.79 Å². The Hall–Kier alpha value is -2.73. The van der Waals surface area contributed by atoms with Crippen LogP contribution < -0.4 is 0 Å². The Kier molecular flexibility index (Phi) is 4.59. The molecular weight excluding hydrogens is 364 g/mol. The summed E-state index contributed by atoms with van der Waals surface area (Å²) < 4.78 is 5.68. The Morgan fingerprint density at radius 1 is 1.31 bits per heavy atom. The first-order chi connectivity index (χ1) is 14.1. The van der Waals surface area contributed by atoms with Crippen LogP contribution in [0.1, 0.15) is 47.1 Å². The summed E-state index contributed by atoms with van der Waals surface area (Å²) in [7, 11) is 2.12. The zero-order valence-electron chi connectivity index (χ0n) is 17.0. The molecule has 5 rings (SSSR count). The minimum atomic E-state index is -0.0205. The van der Waals surface area contributed by atoms with Gasteiger partial charge in [0.1, 0.15) is 5.58 Å². The maximum Gasteiger partial charge on any atom is 0.227 e. The number of amides is 1. The van der Waals surface area contributed by atoms with E-state index < -0.39 is 0 Å². The number of hydrogen-bond donors (Lipinski definition) is 0. The van der Waals surface area contributed by atoms with Gasteiger partial charge in [0.05, 0.1) is 18.7 Å². The third-order valence-corrected chi connectivity index (χ3v) is 6.17. The van der Waals surface area contributed by atoms with Crippen molar-refractivity contribution in [3.63, 3.8) is 0 Å². The third kappa shape index (κ3) is 3.42. The number of hydrogen-bond acceptors (Lipinski definition) is 5. The lowest BCUT2D eigenvalue weighted by Gasteiger charge is -2.27. The molecule has 0 N–H and O–H groups in total. The SMILES string of the molecule is Cc1ccc2c(CC(=O)N3CCCC3c3ncc4c(n3)CCN(C)C4)coc2c1. The molecule has 0 aliphatic carbocycles. The molecule has 6 nitrogen and oxygen atoms in total. The minimum absolute atomic E-state index is 0.0205. The lowest BCUT2D eigenvalue weighted by molar-refractivity contribution is -0.131. The number of benzene rings is 1. The molecule has 0 bridgehead atoms. The number of carbonyl (C=O) groups is 1. The van der Waals surface area contributed by atoms with Crippen molar-refractivity contribution >= 4 is 16.9 Å². The molecule has 3 aromatic rings. The van der Waals surface area contributed by atoms with Crippen LogP contribution in [0.25, 0.3) is 11.0 Å². The van der Waals surface area contributed by atoms with E-state index in [0.29, 0.717) is 6.42 Å². The summed E-state index contributed by atoms with van der Waals surface area (Å²) in [6.07, 6.45) is 6.89. The minimum Gasteiger partial charge on any atom is -0.464 e. The highest BCUT2D eigenvalue weighted by Crippen LogP contribution is 2.32. The fourth-order valence-electron chi connectivity index (χ4n) is 4.56. The molecule has 4 heterocycles. The molecule has 1 saturated heterocycles. The van der Waals surface area contributed by atoms with Crippen LogP contribution >= 0.6 is 0 Å². The summed E-state index contributed by atoms with van der Waals surface area (Å²) in [5.74, 6) is 0.920. The van der Waals surface area contributed by atoms with E-state index in [0.717, 1.165) is 72.5 Å². The van der Waals surface area contributed by atoms with Gasteiger partial charge >= 0.3 is 0 Å². The summed E-state index contributed by atoms with van der Waals surface area (Å²) in [5.41, 5.74) is 5.29. The molecule has 1 atom stereocenters.